The standard InChI is InChI=1S/C15H18N2O/c1-11-4-7-13(8-5-11)16-17-14-9-6-12(2)10-15(14)18-3/h4-10,16-17H,1-3H3. The van der Waals surface area contributed by atoms with E-state index < -0.39 is 0 Å². The summed E-state index contributed by atoms with van der Waals surface area (Å²) in [5.74, 6) is 0.828. The number of hydrogen-bond acceptors (Lipinski definition) is 3. The van der Waals surface area contributed by atoms with Crippen molar-refractivity contribution in [3.8, 4) is 5.75 Å². The summed E-state index contributed by atoms with van der Waals surface area (Å²) in [6, 6.07) is 14.2. The minimum Gasteiger partial charge on any atom is -0.495 e. The highest BCUT2D eigenvalue weighted by molar-refractivity contribution is 5.61. The molecule has 0 unspecified atom stereocenters. The van der Waals surface area contributed by atoms with Crippen LogP contribution in [0.2, 0.25) is 0 Å². The van der Waals surface area contributed by atoms with Crippen LogP contribution in [0.25, 0.3) is 0 Å². The molecule has 2 rings (SSSR count). The third-order valence-electron chi connectivity index (χ3n) is 2.75. The molecule has 3 nitrogen and oxygen atoms in total. The zero-order valence-corrected chi connectivity index (χ0v) is 10.9. The Bertz CT molecular complexity index is 521. The van der Waals surface area contributed by atoms with Gasteiger partial charge in [-0.2, -0.15) is 0 Å². The van der Waals surface area contributed by atoms with Gasteiger partial charge in [-0.05, 0) is 43.7 Å². The Kier molecular flexibility index (Phi) is 3.72. The van der Waals surface area contributed by atoms with Crippen molar-refractivity contribution in [3.63, 3.8) is 0 Å². The number of methoxy groups -OCH3 is 1. The fourth-order valence-corrected chi connectivity index (χ4v) is 1.68. The van der Waals surface area contributed by atoms with E-state index in [2.05, 4.69) is 29.9 Å². The maximum atomic E-state index is 5.33. The second-order valence-corrected chi connectivity index (χ2v) is 4.32. The monoisotopic (exact) mass is 242 g/mol. The van der Waals surface area contributed by atoms with Crippen LogP contribution in [0.15, 0.2) is 42.5 Å². The van der Waals surface area contributed by atoms with Crippen molar-refractivity contribution in [2.75, 3.05) is 18.0 Å². The van der Waals surface area contributed by atoms with Crippen LogP contribution in [0.1, 0.15) is 11.1 Å². The van der Waals surface area contributed by atoms with Crippen molar-refractivity contribution in [2.45, 2.75) is 13.8 Å². The molecule has 0 heterocycles. The molecule has 0 spiro atoms. The quantitative estimate of drug-likeness (QED) is 0.801. The Morgan fingerprint density at radius 3 is 2.17 bits per heavy atom. The molecule has 0 atom stereocenters. The summed E-state index contributed by atoms with van der Waals surface area (Å²) in [4.78, 5) is 0. The first kappa shape index (κ1) is 12.3. The van der Waals surface area contributed by atoms with Crippen LogP contribution in [-0.4, -0.2) is 7.11 Å². The molecule has 0 aliphatic heterocycles. The first-order valence-electron chi connectivity index (χ1n) is 5.92. The highest BCUT2D eigenvalue weighted by Gasteiger charge is 2.02. The summed E-state index contributed by atoms with van der Waals surface area (Å²) in [7, 11) is 1.67. The molecule has 2 aromatic carbocycles. The molecule has 0 radical (unpaired) electrons. The number of benzene rings is 2. The highest BCUT2D eigenvalue weighted by atomic mass is 16.5. The molecule has 0 aromatic heterocycles. The third kappa shape index (κ3) is 2.94. The van der Waals surface area contributed by atoms with Gasteiger partial charge in [-0.15, -0.1) is 0 Å². The molecule has 2 N–H and O–H groups in total. The lowest BCUT2D eigenvalue weighted by molar-refractivity contribution is 0.416. The number of hydrazine groups is 1. The van der Waals surface area contributed by atoms with E-state index in [0.29, 0.717) is 0 Å². The molecule has 0 amide bonds. The average Bonchev–Trinajstić information content (AvgIpc) is 2.39. The average molecular weight is 242 g/mol. The van der Waals surface area contributed by atoms with Gasteiger partial charge in [-0.3, -0.25) is 5.43 Å². The lowest BCUT2D eigenvalue weighted by Crippen LogP contribution is -2.09. The van der Waals surface area contributed by atoms with E-state index in [1.54, 1.807) is 7.11 Å². The molecule has 0 saturated heterocycles. The Labute approximate surface area is 108 Å². The molecule has 0 fully saturated rings. The van der Waals surface area contributed by atoms with Crippen molar-refractivity contribution in [1.29, 1.82) is 0 Å². The van der Waals surface area contributed by atoms with Crippen LogP contribution in [0.4, 0.5) is 11.4 Å². The van der Waals surface area contributed by atoms with Gasteiger partial charge in [-0.1, -0.05) is 23.8 Å². The summed E-state index contributed by atoms with van der Waals surface area (Å²) >= 11 is 0. The molecular weight excluding hydrogens is 224 g/mol. The van der Waals surface area contributed by atoms with Crippen molar-refractivity contribution in [1.82, 2.24) is 0 Å². The Morgan fingerprint density at radius 2 is 1.50 bits per heavy atom. The van der Waals surface area contributed by atoms with E-state index in [9.17, 15) is 0 Å². The Hall–Kier alpha value is -2.16. The Balaban J connectivity index is 2.08. The van der Waals surface area contributed by atoms with E-state index in [4.69, 9.17) is 4.74 Å². The van der Waals surface area contributed by atoms with Crippen molar-refractivity contribution in [2.24, 2.45) is 0 Å². The van der Waals surface area contributed by atoms with Crippen LogP contribution in [-0.2, 0) is 0 Å². The van der Waals surface area contributed by atoms with Crippen LogP contribution < -0.4 is 15.6 Å². The number of hydrogen-bond donors (Lipinski definition) is 2. The second kappa shape index (κ2) is 5.45. The van der Waals surface area contributed by atoms with Gasteiger partial charge < -0.3 is 10.2 Å². The molecular formula is C15H18N2O. The number of nitrogens with one attached hydrogen (secondary N) is 2. The first-order valence-corrected chi connectivity index (χ1v) is 5.92. The van der Waals surface area contributed by atoms with Gasteiger partial charge in [0.1, 0.15) is 5.75 Å². The van der Waals surface area contributed by atoms with Crippen LogP contribution in [0.5, 0.6) is 5.75 Å². The summed E-state index contributed by atoms with van der Waals surface area (Å²) in [5.41, 5.74) is 10.7. The number of ether oxygens (including phenoxy) is 1. The molecule has 0 aliphatic rings. The van der Waals surface area contributed by atoms with Gasteiger partial charge in [-0.25, -0.2) is 0 Å². The van der Waals surface area contributed by atoms with Gasteiger partial charge >= 0.3 is 0 Å². The topological polar surface area (TPSA) is 33.3 Å². The van der Waals surface area contributed by atoms with E-state index in [0.717, 1.165) is 17.1 Å². The maximum absolute atomic E-state index is 5.33. The number of aryl methyl sites for hydroxylation is 2. The first-order chi connectivity index (χ1) is 8.69. The predicted octanol–water partition coefficient (Wildman–Crippen LogP) is 3.75. The lowest BCUT2D eigenvalue weighted by atomic mass is 10.2. The van der Waals surface area contributed by atoms with E-state index >= 15 is 0 Å². The smallest absolute Gasteiger partial charge is 0.143 e. The molecule has 0 saturated carbocycles. The van der Waals surface area contributed by atoms with Crippen molar-refractivity contribution in [3.05, 3.63) is 53.6 Å². The van der Waals surface area contributed by atoms with Crippen molar-refractivity contribution < 1.29 is 4.74 Å². The molecule has 0 bridgehead atoms. The van der Waals surface area contributed by atoms with E-state index in [1.165, 1.54) is 11.1 Å². The zero-order chi connectivity index (χ0) is 13.0. The SMILES string of the molecule is COc1cc(C)ccc1NNc1ccc(C)cc1. The van der Waals surface area contributed by atoms with Gasteiger partial charge in [0, 0.05) is 0 Å². The van der Waals surface area contributed by atoms with Gasteiger partial charge in [0.15, 0.2) is 0 Å². The Morgan fingerprint density at radius 1 is 0.833 bits per heavy atom. The largest absolute Gasteiger partial charge is 0.495 e. The number of rotatable bonds is 4. The van der Waals surface area contributed by atoms with E-state index in [1.807, 2.05) is 37.3 Å². The van der Waals surface area contributed by atoms with Crippen LogP contribution in [0, 0.1) is 13.8 Å². The molecule has 94 valence electrons. The van der Waals surface area contributed by atoms with Crippen LogP contribution >= 0.6 is 0 Å². The minimum absolute atomic E-state index is 0.828. The summed E-state index contributed by atoms with van der Waals surface area (Å²) in [6.45, 7) is 4.11. The molecule has 18 heavy (non-hydrogen) atoms. The van der Waals surface area contributed by atoms with Gasteiger partial charge in [0.25, 0.3) is 0 Å². The summed E-state index contributed by atoms with van der Waals surface area (Å²) in [6.07, 6.45) is 0. The third-order valence-corrected chi connectivity index (χ3v) is 2.75. The minimum atomic E-state index is 0.828. The van der Waals surface area contributed by atoms with Gasteiger partial charge in [0.2, 0.25) is 0 Å². The predicted molar refractivity (Wildman–Crippen MR) is 76.2 cm³/mol. The second-order valence-electron chi connectivity index (χ2n) is 4.32. The van der Waals surface area contributed by atoms with E-state index in [-0.39, 0.29) is 0 Å². The molecule has 2 aromatic rings. The maximum Gasteiger partial charge on any atom is 0.143 e. The molecule has 0 aliphatic carbocycles. The normalized spacial score (nSPS) is 9.94. The zero-order valence-electron chi connectivity index (χ0n) is 10.9. The van der Waals surface area contributed by atoms with Gasteiger partial charge in [0.05, 0.1) is 18.5 Å². The summed E-state index contributed by atoms with van der Waals surface area (Å²) in [5, 5.41) is 0. The molecule has 3 heteroatoms. The highest BCUT2D eigenvalue weighted by Crippen LogP contribution is 2.25. The van der Waals surface area contributed by atoms with Crippen molar-refractivity contribution >= 4 is 11.4 Å². The number of anilines is 2. The fraction of sp³-hybridized carbons (Fsp3) is 0.200. The fourth-order valence-electron chi connectivity index (χ4n) is 1.68. The van der Waals surface area contributed by atoms with Crippen LogP contribution in [0.3, 0.4) is 0 Å². The summed E-state index contributed by atoms with van der Waals surface area (Å²) < 4.78 is 5.33. The lowest BCUT2D eigenvalue weighted by Gasteiger charge is -2.13.